The molecular weight excluding hydrogens is 718 g/mol. The van der Waals surface area contributed by atoms with E-state index in [-0.39, 0.29) is 37.5 Å². The van der Waals surface area contributed by atoms with Gasteiger partial charge in [-0.15, -0.1) is 0 Å². The Balaban J connectivity index is 1.90. The van der Waals surface area contributed by atoms with Crippen LogP contribution in [0.1, 0.15) is 87.0 Å². The number of rotatable bonds is 11. The lowest BCUT2D eigenvalue weighted by Gasteiger charge is -2.50. The van der Waals surface area contributed by atoms with Gasteiger partial charge in [0.2, 0.25) is 0 Å². The number of esters is 2. The molecule has 15 heteroatoms. The van der Waals surface area contributed by atoms with E-state index in [4.69, 9.17) is 33.2 Å². The van der Waals surface area contributed by atoms with Gasteiger partial charge in [-0.2, -0.15) is 0 Å². The molecule has 15 nitrogen and oxygen atoms in total. The smallest absolute Gasteiger partial charge is 0.308 e. The molecule has 3 rings (SSSR count). The summed E-state index contributed by atoms with van der Waals surface area (Å²) >= 11 is 0. The van der Waals surface area contributed by atoms with Crippen LogP contribution in [-0.4, -0.2) is 150 Å². The van der Waals surface area contributed by atoms with E-state index in [9.17, 15) is 34.8 Å². The summed E-state index contributed by atoms with van der Waals surface area (Å²) in [5.41, 5.74) is -1.49. The van der Waals surface area contributed by atoms with Crippen LogP contribution in [0, 0.1) is 17.8 Å². The van der Waals surface area contributed by atoms with Crippen LogP contribution in [0.4, 0.5) is 0 Å². The van der Waals surface area contributed by atoms with E-state index in [1.54, 1.807) is 64.9 Å². The topological polar surface area (TPSA) is 200 Å². The van der Waals surface area contributed by atoms with Crippen molar-refractivity contribution in [3.63, 3.8) is 0 Å². The first kappa shape index (κ1) is 47.1. The first-order valence-electron chi connectivity index (χ1n) is 19.5. The Labute approximate surface area is 326 Å². The highest BCUT2D eigenvalue weighted by Gasteiger charge is 2.52. The molecule has 0 aromatic carbocycles. The van der Waals surface area contributed by atoms with Crippen LogP contribution in [-0.2, 0) is 47.5 Å². The Hall–Kier alpha value is -2.31. The van der Waals surface area contributed by atoms with Gasteiger partial charge in [0.05, 0.1) is 43.0 Å². The summed E-state index contributed by atoms with van der Waals surface area (Å²) in [7, 11) is 4.86. The number of carbonyl (C=O) groups is 3. The third kappa shape index (κ3) is 13.4. The predicted molar refractivity (Wildman–Crippen MR) is 200 cm³/mol. The molecule has 3 heterocycles. The summed E-state index contributed by atoms with van der Waals surface area (Å²) in [5.74, 6) is -2.03. The Bertz CT molecular complexity index is 1270. The summed E-state index contributed by atoms with van der Waals surface area (Å²) < 4.78 is 42.4. The van der Waals surface area contributed by atoms with Gasteiger partial charge < -0.3 is 63.3 Å². The SMILES string of the molecule is COC1C(OC2OC(C)C(OC3CC(C)(O)C(OC(=O)CC(C)C)C(C)O3)C(N(C)C)C2O)[C@@H](CC=O)C[C@@H](C)C(O)C=CC=CC[C@@H](C)OC(=O)C[C@H]1O. The molecule has 0 spiro atoms. The normalized spacial score (nSPS) is 41.2. The minimum atomic E-state index is -1.49. The number of ether oxygens (including phenoxy) is 7. The molecule has 4 N–H and O–H groups in total. The fourth-order valence-corrected chi connectivity index (χ4v) is 7.78. The van der Waals surface area contributed by atoms with E-state index in [2.05, 4.69) is 0 Å². The molecule has 55 heavy (non-hydrogen) atoms. The van der Waals surface area contributed by atoms with Crippen molar-refractivity contribution in [2.75, 3.05) is 21.2 Å². The maximum Gasteiger partial charge on any atom is 0.308 e. The van der Waals surface area contributed by atoms with Crippen molar-refractivity contribution in [3.05, 3.63) is 24.3 Å². The van der Waals surface area contributed by atoms with Gasteiger partial charge in [-0.05, 0) is 66.0 Å². The maximum atomic E-state index is 12.9. The van der Waals surface area contributed by atoms with E-state index in [0.29, 0.717) is 6.42 Å². The van der Waals surface area contributed by atoms with Gasteiger partial charge in [-0.1, -0.05) is 45.1 Å². The average molecular weight is 786 g/mol. The standard InChI is InChI=1S/C40H67NO14/c1-22(2)18-30(45)53-38-26(6)51-32(21-40(38,7)48)54-35-25(5)52-39(34(47)33(35)41(8)9)55-36-27(16-17-42)19-23(3)28(43)15-13-11-12-14-24(4)50-31(46)20-29(44)37(36)49-10/h11-13,15,17,22-29,32-39,43-44,47-48H,14,16,18-21H2,1-10H3/t23-,24-,25?,26?,27+,28?,29-,32?,33?,34?,35?,36?,37?,38?,39?,40?/m1/s1. The molecule has 3 aliphatic heterocycles. The Morgan fingerprint density at radius 1 is 1.04 bits per heavy atom. The molecule has 0 radical (unpaired) electrons. The Morgan fingerprint density at radius 2 is 1.73 bits per heavy atom. The lowest BCUT2D eigenvalue weighted by molar-refractivity contribution is -0.344. The second kappa shape index (κ2) is 21.4. The summed E-state index contributed by atoms with van der Waals surface area (Å²) in [6.07, 6.45) is -3.92. The van der Waals surface area contributed by atoms with Crippen LogP contribution < -0.4 is 0 Å². The van der Waals surface area contributed by atoms with Gasteiger partial charge in [-0.25, -0.2) is 0 Å². The van der Waals surface area contributed by atoms with Crippen molar-refractivity contribution >= 4 is 18.2 Å². The predicted octanol–water partition coefficient (Wildman–Crippen LogP) is 2.44. The monoisotopic (exact) mass is 785 g/mol. The van der Waals surface area contributed by atoms with Gasteiger partial charge in [0, 0.05) is 32.8 Å². The zero-order valence-corrected chi connectivity index (χ0v) is 34.2. The molecular formula is C40H67NO14. The highest BCUT2D eigenvalue weighted by atomic mass is 16.7. The van der Waals surface area contributed by atoms with Crippen molar-refractivity contribution in [3.8, 4) is 0 Å². The van der Waals surface area contributed by atoms with Crippen molar-refractivity contribution < 1.29 is 68.0 Å². The van der Waals surface area contributed by atoms with E-state index >= 15 is 0 Å². The molecule has 0 bridgehead atoms. The van der Waals surface area contributed by atoms with Crippen LogP contribution in [0.2, 0.25) is 0 Å². The summed E-state index contributed by atoms with van der Waals surface area (Å²) in [6.45, 7) is 12.4. The van der Waals surface area contributed by atoms with Crippen molar-refractivity contribution in [1.82, 2.24) is 4.90 Å². The number of allylic oxidation sites excluding steroid dienone is 2. The first-order valence-corrected chi connectivity index (χ1v) is 19.5. The second-order valence-corrected chi connectivity index (χ2v) is 16.4. The second-order valence-electron chi connectivity index (χ2n) is 16.4. The van der Waals surface area contributed by atoms with Gasteiger partial charge in [0.25, 0.3) is 0 Å². The van der Waals surface area contributed by atoms with Gasteiger partial charge in [0.1, 0.15) is 36.3 Å². The molecule has 0 aromatic heterocycles. The number of aliphatic hydroxyl groups is 4. The van der Waals surface area contributed by atoms with Gasteiger partial charge in [0.15, 0.2) is 18.7 Å². The van der Waals surface area contributed by atoms with Crippen LogP contribution >= 0.6 is 0 Å². The number of hydrogen-bond acceptors (Lipinski definition) is 15. The van der Waals surface area contributed by atoms with Crippen LogP contribution in [0.5, 0.6) is 0 Å². The van der Waals surface area contributed by atoms with Crippen LogP contribution in [0.3, 0.4) is 0 Å². The van der Waals surface area contributed by atoms with E-state index in [1.807, 2.05) is 26.8 Å². The molecule has 2 fully saturated rings. The number of methoxy groups -OCH3 is 1. The third-order valence-corrected chi connectivity index (χ3v) is 10.6. The minimum absolute atomic E-state index is 0.0318. The van der Waals surface area contributed by atoms with Crippen molar-refractivity contribution in [2.24, 2.45) is 17.8 Å². The number of carbonyl (C=O) groups excluding carboxylic acids is 3. The van der Waals surface area contributed by atoms with Crippen molar-refractivity contribution in [1.29, 1.82) is 0 Å². The first-order chi connectivity index (χ1) is 25.8. The van der Waals surface area contributed by atoms with E-state index in [1.165, 1.54) is 7.11 Å². The highest BCUT2D eigenvalue weighted by Crippen LogP contribution is 2.37. The van der Waals surface area contributed by atoms with E-state index < -0.39 is 110 Å². The number of nitrogens with zero attached hydrogens (tertiary/aromatic N) is 1. The third-order valence-electron chi connectivity index (χ3n) is 10.6. The highest BCUT2D eigenvalue weighted by molar-refractivity contribution is 5.70. The molecule has 3 aliphatic rings. The van der Waals surface area contributed by atoms with E-state index in [0.717, 1.165) is 6.29 Å². The summed E-state index contributed by atoms with van der Waals surface area (Å²) in [4.78, 5) is 39.3. The Kier molecular flexibility index (Phi) is 18.4. The number of aliphatic hydroxyl groups excluding tert-OH is 3. The average Bonchev–Trinajstić information content (AvgIpc) is 3.06. The summed E-state index contributed by atoms with van der Waals surface area (Å²) in [5, 5.41) is 45.8. The fourth-order valence-electron chi connectivity index (χ4n) is 7.78. The van der Waals surface area contributed by atoms with Gasteiger partial charge >= 0.3 is 11.9 Å². The largest absolute Gasteiger partial charge is 0.462 e. The zero-order valence-electron chi connectivity index (χ0n) is 34.2. The number of aldehydes is 1. The quantitative estimate of drug-likeness (QED) is 0.176. The molecule has 0 aliphatic carbocycles. The number of cyclic esters (lactones) is 1. The molecule has 0 amide bonds. The molecule has 316 valence electrons. The Morgan fingerprint density at radius 3 is 2.33 bits per heavy atom. The molecule has 16 atom stereocenters. The fraction of sp³-hybridized carbons (Fsp3) is 0.825. The lowest BCUT2D eigenvalue weighted by Crippen LogP contribution is -2.66. The van der Waals surface area contributed by atoms with Crippen LogP contribution in [0.15, 0.2) is 24.3 Å². The molecule has 2 saturated heterocycles. The van der Waals surface area contributed by atoms with Gasteiger partial charge in [-0.3, -0.25) is 9.59 Å². The molecule has 0 aromatic rings. The summed E-state index contributed by atoms with van der Waals surface area (Å²) in [6, 6.07) is -0.753. The molecule has 12 unspecified atom stereocenters. The zero-order chi connectivity index (χ0) is 41.2. The minimum Gasteiger partial charge on any atom is -0.462 e. The maximum absolute atomic E-state index is 12.9. The lowest BCUT2D eigenvalue weighted by atomic mass is 9.82. The number of hydrogen-bond donors (Lipinski definition) is 4. The number of likely N-dealkylation sites (N-methyl/N-ethyl adjacent to an activating group) is 1. The van der Waals surface area contributed by atoms with Crippen LogP contribution in [0.25, 0.3) is 0 Å². The molecule has 0 saturated carbocycles. The van der Waals surface area contributed by atoms with Crippen molar-refractivity contribution in [2.45, 2.75) is 172 Å².